The van der Waals surface area contributed by atoms with Crippen molar-refractivity contribution in [3.05, 3.63) is 30.3 Å². The van der Waals surface area contributed by atoms with Crippen LogP contribution in [-0.2, 0) is 4.79 Å². The van der Waals surface area contributed by atoms with E-state index >= 15 is 0 Å². The first-order valence-corrected chi connectivity index (χ1v) is 9.14. The van der Waals surface area contributed by atoms with E-state index in [1.54, 1.807) is 11.8 Å². The minimum Gasteiger partial charge on any atom is -0.314 e. The molecule has 0 radical (unpaired) electrons. The van der Waals surface area contributed by atoms with Crippen molar-refractivity contribution in [3.63, 3.8) is 0 Å². The van der Waals surface area contributed by atoms with Crippen LogP contribution in [-0.4, -0.2) is 19.5 Å². The number of para-hydroxylation sites is 1. The van der Waals surface area contributed by atoms with Gasteiger partial charge in [-0.15, -0.1) is 0 Å². The summed E-state index contributed by atoms with van der Waals surface area (Å²) in [5, 5.41) is 0. The molecule has 0 saturated heterocycles. The molecule has 1 aromatic carbocycles. The van der Waals surface area contributed by atoms with Gasteiger partial charge in [0.05, 0.1) is 0 Å². The number of amides is 1. The third-order valence-corrected chi connectivity index (χ3v) is 3.41. The highest BCUT2D eigenvalue weighted by Crippen LogP contribution is 2.18. The average molecular weight is 242 g/mol. The van der Waals surface area contributed by atoms with Gasteiger partial charge >= 0.3 is 0 Å². The van der Waals surface area contributed by atoms with E-state index in [0.717, 1.165) is 5.69 Å². The third kappa shape index (κ3) is 4.06. The Morgan fingerprint density at radius 3 is 2.27 bits per heavy atom. The standard InChI is InChI=1S/C11H16ClNOSi/c1-10(14)13(9-15(2,3)12)11-7-5-4-6-8-11/h4-8H,9H2,1-3H3. The molecule has 82 valence electrons. The summed E-state index contributed by atoms with van der Waals surface area (Å²) in [7, 11) is -1.79. The predicted molar refractivity (Wildman–Crippen MR) is 67.8 cm³/mol. The second-order valence-electron chi connectivity index (χ2n) is 4.16. The number of hydrogen-bond acceptors (Lipinski definition) is 1. The van der Waals surface area contributed by atoms with E-state index in [4.69, 9.17) is 11.1 Å². The van der Waals surface area contributed by atoms with Gasteiger partial charge in [0.2, 0.25) is 5.91 Å². The highest BCUT2D eigenvalue weighted by Gasteiger charge is 2.24. The molecular formula is C11H16ClNOSi. The minimum absolute atomic E-state index is 0.0439. The number of carbonyl (C=O) groups is 1. The van der Waals surface area contributed by atoms with E-state index in [1.807, 2.05) is 43.4 Å². The molecule has 0 bridgehead atoms. The van der Waals surface area contributed by atoms with E-state index in [2.05, 4.69) is 0 Å². The summed E-state index contributed by atoms with van der Waals surface area (Å²) in [5.41, 5.74) is 0.922. The zero-order valence-electron chi connectivity index (χ0n) is 9.33. The molecule has 0 spiro atoms. The number of hydrogen-bond donors (Lipinski definition) is 0. The maximum absolute atomic E-state index is 11.5. The Balaban J connectivity index is 2.90. The summed E-state index contributed by atoms with van der Waals surface area (Å²) >= 11 is 6.27. The van der Waals surface area contributed by atoms with Crippen LogP contribution < -0.4 is 4.90 Å². The fourth-order valence-corrected chi connectivity index (χ4v) is 2.88. The third-order valence-electron chi connectivity index (χ3n) is 1.98. The van der Waals surface area contributed by atoms with Crippen LogP contribution in [0.4, 0.5) is 5.69 Å². The average Bonchev–Trinajstić information content (AvgIpc) is 2.14. The van der Waals surface area contributed by atoms with Crippen LogP contribution in [0.1, 0.15) is 6.92 Å². The van der Waals surface area contributed by atoms with Crippen molar-refractivity contribution < 1.29 is 4.79 Å². The van der Waals surface area contributed by atoms with Gasteiger partial charge in [0, 0.05) is 18.8 Å². The summed E-state index contributed by atoms with van der Waals surface area (Å²) in [4.78, 5) is 13.3. The smallest absolute Gasteiger partial charge is 0.223 e. The van der Waals surface area contributed by atoms with Crippen molar-refractivity contribution in [2.45, 2.75) is 20.0 Å². The fourth-order valence-electron chi connectivity index (χ4n) is 1.37. The number of nitrogens with zero attached hydrogens (tertiary/aromatic N) is 1. The SMILES string of the molecule is CC(=O)N(C[Si](C)(C)Cl)c1ccccc1. The Bertz CT molecular complexity index is 334. The van der Waals surface area contributed by atoms with Crippen LogP contribution in [0.5, 0.6) is 0 Å². The van der Waals surface area contributed by atoms with Crippen LogP contribution in [0, 0.1) is 0 Å². The van der Waals surface area contributed by atoms with Crippen LogP contribution in [0.15, 0.2) is 30.3 Å². The second kappa shape index (κ2) is 4.81. The zero-order chi connectivity index (χ0) is 11.5. The molecule has 0 heterocycles. The Morgan fingerprint density at radius 2 is 1.87 bits per heavy atom. The molecule has 0 aliphatic carbocycles. The van der Waals surface area contributed by atoms with Crippen molar-refractivity contribution in [2.75, 3.05) is 11.1 Å². The molecule has 0 aromatic heterocycles. The van der Waals surface area contributed by atoms with E-state index in [9.17, 15) is 4.79 Å². The molecule has 2 nitrogen and oxygen atoms in total. The number of anilines is 1. The quantitative estimate of drug-likeness (QED) is 0.589. The first-order chi connectivity index (χ1) is 6.90. The van der Waals surface area contributed by atoms with Gasteiger partial charge in [-0.3, -0.25) is 4.79 Å². The summed E-state index contributed by atoms with van der Waals surface area (Å²) in [6.45, 7) is 5.64. The lowest BCUT2D eigenvalue weighted by Gasteiger charge is -2.26. The molecule has 0 unspecified atom stereocenters. The predicted octanol–water partition coefficient (Wildman–Crippen LogP) is 3.02. The van der Waals surface area contributed by atoms with Gasteiger partial charge in [-0.2, -0.15) is 11.1 Å². The molecule has 15 heavy (non-hydrogen) atoms. The first kappa shape index (κ1) is 12.3. The largest absolute Gasteiger partial charge is 0.314 e. The lowest BCUT2D eigenvalue weighted by Crippen LogP contribution is -2.41. The number of halogens is 1. The molecule has 1 amide bonds. The molecule has 0 N–H and O–H groups in total. The number of carbonyl (C=O) groups excluding carboxylic acids is 1. The van der Waals surface area contributed by atoms with Gasteiger partial charge in [0.1, 0.15) is 0 Å². The van der Waals surface area contributed by atoms with Crippen LogP contribution in [0.25, 0.3) is 0 Å². The normalized spacial score (nSPS) is 11.2. The van der Waals surface area contributed by atoms with Crippen molar-refractivity contribution in [3.8, 4) is 0 Å². The number of benzene rings is 1. The monoisotopic (exact) mass is 241 g/mol. The van der Waals surface area contributed by atoms with Gasteiger partial charge in [0.15, 0.2) is 7.38 Å². The van der Waals surface area contributed by atoms with Gasteiger partial charge in [0.25, 0.3) is 0 Å². The summed E-state index contributed by atoms with van der Waals surface area (Å²) in [6.07, 6.45) is 0.647. The topological polar surface area (TPSA) is 20.3 Å². The van der Waals surface area contributed by atoms with Crippen molar-refractivity contribution in [2.24, 2.45) is 0 Å². The van der Waals surface area contributed by atoms with Gasteiger partial charge in [-0.1, -0.05) is 31.3 Å². The van der Waals surface area contributed by atoms with Crippen LogP contribution in [0.2, 0.25) is 13.1 Å². The molecule has 0 fully saturated rings. The highest BCUT2D eigenvalue weighted by atomic mass is 35.6. The van der Waals surface area contributed by atoms with Gasteiger partial charge in [-0.05, 0) is 12.1 Å². The molecule has 0 atom stereocenters. The maximum Gasteiger partial charge on any atom is 0.223 e. The van der Waals surface area contributed by atoms with Gasteiger partial charge < -0.3 is 4.90 Å². The lowest BCUT2D eigenvalue weighted by molar-refractivity contribution is -0.116. The highest BCUT2D eigenvalue weighted by molar-refractivity contribution is 7.19. The Morgan fingerprint density at radius 1 is 1.33 bits per heavy atom. The minimum atomic E-state index is -1.79. The van der Waals surface area contributed by atoms with Crippen molar-refractivity contribution in [1.29, 1.82) is 0 Å². The summed E-state index contributed by atoms with van der Waals surface area (Å²) in [5.74, 6) is 0.0439. The summed E-state index contributed by atoms with van der Waals surface area (Å²) in [6, 6.07) is 9.64. The lowest BCUT2D eigenvalue weighted by atomic mass is 10.3. The Kier molecular flexibility index (Phi) is 3.94. The molecule has 1 rings (SSSR count). The van der Waals surface area contributed by atoms with Gasteiger partial charge in [-0.25, -0.2) is 0 Å². The Hall–Kier alpha value is -0.803. The van der Waals surface area contributed by atoms with E-state index in [0.29, 0.717) is 6.17 Å². The second-order valence-corrected chi connectivity index (χ2v) is 11.0. The van der Waals surface area contributed by atoms with Crippen LogP contribution in [0.3, 0.4) is 0 Å². The Labute approximate surface area is 96.6 Å². The fraction of sp³-hybridized carbons (Fsp3) is 0.364. The molecule has 0 saturated carbocycles. The van der Waals surface area contributed by atoms with E-state index < -0.39 is 7.38 Å². The molecule has 0 aliphatic heterocycles. The van der Waals surface area contributed by atoms with Crippen molar-refractivity contribution >= 4 is 30.1 Å². The van der Waals surface area contributed by atoms with E-state index in [-0.39, 0.29) is 5.91 Å². The summed E-state index contributed by atoms with van der Waals surface area (Å²) < 4.78 is 0. The van der Waals surface area contributed by atoms with Crippen LogP contribution >= 0.6 is 11.1 Å². The zero-order valence-corrected chi connectivity index (χ0v) is 11.1. The van der Waals surface area contributed by atoms with E-state index in [1.165, 1.54) is 0 Å². The first-order valence-electron chi connectivity index (χ1n) is 4.92. The maximum atomic E-state index is 11.5. The molecule has 1 aromatic rings. The molecular weight excluding hydrogens is 226 g/mol. The molecule has 0 aliphatic rings. The molecule has 4 heteroatoms. The van der Waals surface area contributed by atoms with Crippen molar-refractivity contribution in [1.82, 2.24) is 0 Å². The number of rotatable bonds is 3.